The maximum absolute atomic E-state index is 11.6. The van der Waals surface area contributed by atoms with Crippen molar-refractivity contribution in [2.24, 2.45) is 11.8 Å². The zero-order valence-electron chi connectivity index (χ0n) is 12.7. The smallest absolute Gasteiger partial charge is 0.151 e. The van der Waals surface area contributed by atoms with E-state index in [0.29, 0.717) is 35.4 Å². The van der Waals surface area contributed by atoms with Gasteiger partial charge in [-0.3, -0.25) is 0 Å². The number of likely N-dealkylation sites (tertiary alicyclic amines) is 1. The summed E-state index contributed by atoms with van der Waals surface area (Å²) in [5, 5.41) is 3.73. The average molecular weight is 300 g/mol. The second-order valence-electron chi connectivity index (χ2n) is 7.29. The van der Waals surface area contributed by atoms with Crippen molar-refractivity contribution in [2.75, 3.05) is 24.6 Å². The maximum Gasteiger partial charge on any atom is 0.151 e. The van der Waals surface area contributed by atoms with Crippen molar-refractivity contribution in [3.05, 3.63) is 0 Å². The molecule has 0 radical (unpaired) electrons. The molecular weight excluding hydrogens is 272 g/mol. The summed E-state index contributed by atoms with van der Waals surface area (Å²) in [6.45, 7) is 6.94. The summed E-state index contributed by atoms with van der Waals surface area (Å²) >= 11 is 0. The van der Waals surface area contributed by atoms with Gasteiger partial charge in [0.15, 0.2) is 9.84 Å². The minimum Gasteiger partial charge on any atom is -0.310 e. The highest BCUT2D eigenvalue weighted by molar-refractivity contribution is 7.91. The van der Waals surface area contributed by atoms with E-state index in [1.54, 1.807) is 0 Å². The summed E-state index contributed by atoms with van der Waals surface area (Å²) in [5.74, 6) is 2.17. The maximum atomic E-state index is 11.6. The monoisotopic (exact) mass is 300 g/mol. The Bertz CT molecular complexity index is 435. The lowest BCUT2D eigenvalue weighted by atomic mass is 9.73. The van der Waals surface area contributed by atoms with Gasteiger partial charge in [0.2, 0.25) is 0 Å². The molecule has 5 heteroatoms. The van der Waals surface area contributed by atoms with Gasteiger partial charge < -0.3 is 10.2 Å². The van der Waals surface area contributed by atoms with E-state index >= 15 is 0 Å². The first-order valence-corrected chi connectivity index (χ1v) is 9.97. The van der Waals surface area contributed by atoms with E-state index < -0.39 is 9.84 Å². The van der Waals surface area contributed by atoms with Gasteiger partial charge in [0.25, 0.3) is 0 Å². The molecule has 0 spiro atoms. The lowest BCUT2D eigenvalue weighted by Crippen LogP contribution is -2.60. The molecule has 4 nitrogen and oxygen atoms in total. The second-order valence-corrected chi connectivity index (χ2v) is 9.52. The quantitative estimate of drug-likeness (QED) is 0.853. The molecule has 0 aromatic heterocycles. The molecule has 116 valence electrons. The van der Waals surface area contributed by atoms with Crippen LogP contribution in [-0.4, -0.2) is 56.0 Å². The van der Waals surface area contributed by atoms with Crippen molar-refractivity contribution in [3.8, 4) is 0 Å². The van der Waals surface area contributed by atoms with E-state index in [1.807, 2.05) is 0 Å². The van der Waals surface area contributed by atoms with Gasteiger partial charge in [-0.2, -0.15) is 0 Å². The molecule has 2 aliphatic heterocycles. The van der Waals surface area contributed by atoms with Crippen LogP contribution in [0.4, 0.5) is 0 Å². The Morgan fingerprint density at radius 2 is 1.75 bits per heavy atom. The number of nitrogens with one attached hydrogen (secondary N) is 1. The number of nitrogens with zero attached hydrogens (tertiary/aromatic N) is 1. The van der Waals surface area contributed by atoms with Gasteiger partial charge in [-0.25, -0.2) is 8.42 Å². The SMILES string of the molecule is CC(C)N1CC2CCCC(C1)C2NC1CCS(=O)(=O)C1. The van der Waals surface area contributed by atoms with E-state index in [4.69, 9.17) is 0 Å². The molecule has 0 amide bonds. The highest BCUT2D eigenvalue weighted by atomic mass is 32.2. The van der Waals surface area contributed by atoms with E-state index in [2.05, 4.69) is 24.1 Å². The predicted molar refractivity (Wildman–Crippen MR) is 81.5 cm³/mol. The van der Waals surface area contributed by atoms with Crippen LogP contribution in [0.2, 0.25) is 0 Å². The van der Waals surface area contributed by atoms with Crippen molar-refractivity contribution in [3.63, 3.8) is 0 Å². The zero-order chi connectivity index (χ0) is 14.3. The molecule has 0 aromatic carbocycles. The van der Waals surface area contributed by atoms with Gasteiger partial charge >= 0.3 is 0 Å². The van der Waals surface area contributed by atoms with Gasteiger partial charge in [-0.1, -0.05) is 6.42 Å². The molecule has 3 atom stereocenters. The Kier molecular flexibility index (Phi) is 4.13. The average Bonchev–Trinajstić information content (AvgIpc) is 2.68. The van der Waals surface area contributed by atoms with E-state index in [-0.39, 0.29) is 6.04 Å². The van der Waals surface area contributed by atoms with E-state index in [1.165, 1.54) is 32.4 Å². The largest absolute Gasteiger partial charge is 0.310 e. The fourth-order valence-corrected chi connectivity index (χ4v) is 6.05. The summed E-state index contributed by atoms with van der Waals surface area (Å²) in [6.07, 6.45) is 4.77. The molecule has 3 unspecified atom stereocenters. The number of hydrogen-bond donors (Lipinski definition) is 1. The van der Waals surface area contributed by atoms with Crippen LogP contribution in [0.5, 0.6) is 0 Å². The molecule has 3 aliphatic rings. The van der Waals surface area contributed by atoms with Crippen molar-refractivity contribution in [2.45, 2.75) is 57.7 Å². The van der Waals surface area contributed by atoms with E-state index in [0.717, 1.165) is 6.42 Å². The van der Waals surface area contributed by atoms with Crippen LogP contribution in [0.1, 0.15) is 39.5 Å². The lowest BCUT2D eigenvalue weighted by Gasteiger charge is -2.49. The lowest BCUT2D eigenvalue weighted by molar-refractivity contribution is 0.0261. The Hall–Kier alpha value is -0.130. The van der Waals surface area contributed by atoms with Crippen LogP contribution in [0.15, 0.2) is 0 Å². The summed E-state index contributed by atoms with van der Waals surface area (Å²) < 4.78 is 23.2. The molecule has 0 aromatic rings. The Labute approximate surface area is 123 Å². The molecule has 2 heterocycles. The third kappa shape index (κ3) is 3.04. The van der Waals surface area contributed by atoms with Crippen LogP contribution in [0.25, 0.3) is 0 Å². The minimum atomic E-state index is -2.77. The number of sulfone groups is 1. The molecule has 3 fully saturated rings. The number of hydrogen-bond acceptors (Lipinski definition) is 4. The standard InChI is InChI=1S/C15H28N2O2S/c1-11(2)17-8-12-4-3-5-13(9-17)15(12)16-14-6-7-20(18,19)10-14/h11-16H,3-10H2,1-2H3. The summed E-state index contributed by atoms with van der Waals surface area (Å²) in [5.41, 5.74) is 0. The molecule has 1 N–H and O–H groups in total. The van der Waals surface area contributed by atoms with Crippen molar-refractivity contribution in [1.29, 1.82) is 0 Å². The van der Waals surface area contributed by atoms with Gasteiger partial charge in [0, 0.05) is 31.2 Å². The highest BCUT2D eigenvalue weighted by Gasteiger charge is 2.42. The topological polar surface area (TPSA) is 49.4 Å². The summed E-state index contributed by atoms with van der Waals surface area (Å²) in [7, 11) is -2.77. The van der Waals surface area contributed by atoms with Crippen LogP contribution >= 0.6 is 0 Å². The van der Waals surface area contributed by atoms with Gasteiger partial charge in [0.1, 0.15) is 0 Å². The Morgan fingerprint density at radius 3 is 2.25 bits per heavy atom. The highest BCUT2D eigenvalue weighted by Crippen LogP contribution is 2.36. The number of piperidine rings is 1. The van der Waals surface area contributed by atoms with Crippen LogP contribution in [0.3, 0.4) is 0 Å². The molecule has 2 saturated heterocycles. The third-order valence-corrected chi connectivity index (χ3v) is 7.26. The Morgan fingerprint density at radius 1 is 1.10 bits per heavy atom. The van der Waals surface area contributed by atoms with Crippen molar-refractivity contribution < 1.29 is 8.42 Å². The van der Waals surface area contributed by atoms with Gasteiger partial charge in [-0.05, 0) is 44.9 Å². The Balaban J connectivity index is 1.65. The predicted octanol–water partition coefficient (Wildman–Crippen LogP) is 1.27. The van der Waals surface area contributed by atoms with Gasteiger partial charge in [-0.15, -0.1) is 0 Å². The first-order chi connectivity index (χ1) is 9.44. The molecule has 20 heavy (non-hydrogen) atoms. The summed E-state index contributed by atoms with van der Waals surface area (Å²) in [4.78, 5) is 2.61. The van der Waals surface area contributed by atoms with E-state index in [9.17, 15) is 8.42 Å². The first-order valence-electron chi connectivity index (χ1n) is 8.15. The molecule has 3 rings (SSSR count). The normalized spacial score (nSPS) is 41.1. The fourth-order valence-electron chi connectivity index (χ4n) is 4.37. The fraction of sp³-hybridized carbons (Fsp3) is 1.00. The molecule has 1 saturated carbocycles. The minimum absolute atomic E-state index is 0.207. The van der Waals surface area contributed by atoms with Crippen LogP contribution in [0, 0.1) is 11.8 Å². The third-order valence-electron chi connectivity index (χ3n) is 5.49. The van der Waals surface area contributed by atoms with Gasteiger partial charge in [0.05, 0.1) is 11.5 Å². The van der Waals surface area contributed by atoms with Crippen LogP contribution in [-0.2, 0) is 9.84 Å². The second kappa shape index (κ2) is 5.58. The van der Waals surface area contributed by atoms with Crippen molar-refractivity contribution >= 4 is 9.84 Å². The first kappa shape index (κ1) is 14.8. The number of fused-ring (bicyclic) bond motifs is 2. The summed E-state index contributed by atoms with van der Waals surface area (Å²) in [6, 6.07) is 1.39. The number of rotatable bonds is 3. The zero-order valence-corrected chi connectivity index (χ0v) is 13.5. The van der Waals surface area contributed by atoms with Crippen molar-refractivity contribution in [1.82, 2.24) is 10.2 Å². The molecule has 1 aliphatic carbocycles. The van der Waals surface area contributed by atoms with Crippen LogP contribution < -0.4 is 5.32 Å². The molecular formula is C15H28N2O2S. The molecule has 2 bridgehead atoms.